The Kier molecular flexibility index (Phi) is 4.76. The fraction of sp³-hybridized carbons (Fsp3) is 0.500. The molecule has 0 aliphatic carbocycles. The van der Waals surface area contributed by atoms with Gasteiger partial charge in [0.2, 0.25) is 5.91 Å². The zero-order valence-electron chi connectivity index (χ0n) is 7.56. The number of carbonyl (C=O) groups is 2. The van der Waals surface area contributed by atoms with Gasteiger partial charge in [-0.1, -0.05) is 6.08 Å². The van der Waals surface area contributed by atoms with Crippen LogP contribution in [-0.2, 0) is 9.59 Å². The summed E-state index contributed by atoms with van der Waals surface area (Å²) in [4.78, 5) is 22.6. The third-order valence-electron chi connectivity index (χ3n) is 1.66. The molecular formula is C8H14N2O3. The molecule has 5 nitrogen and oxygen atoms in total. The molecule has 0 fully saturated rings. The van der Waals surface area contributed by atoms with Crippen molar-refractivity contribution in [1.82, 2.24) is 4.90 Å². The molecule has 0 aromatic rings. The van der Waals surface area contributed by atoms with E-state index in [0.717, 1.165) is 0 Å². The molecule has 0 spiro atoms. The van der Waals surface area contributed by atoms with Crippen molar-refractivity contribution in [2.75, 3.05) is 13.1 Å². The second-order valence-electron chi connectivity index (χ2n) is 2.69. The van der Waals surface area contributed by atoms with Gasteiger partial charge >= 0.3 is 5.97 Å². The van der Waals surface area contributed by atoms with Crippen LogP contribution in [0, 0.1) is 0 Å². The molecule has 1 unspecified atom stereocenters. The van der Waals surface area contributed by atoms with E-state index < -0.39 is 17.9 Å². The van der Waals surface area contributed by atoms with Crippen molar-refractivity contribution in [3.8, 4) is 0 Å². The predicted octanol–water partition coefficient (Wildman–Crippen LogP) is -0.567. The highest BCUT2D eigenvalue weighted by atomic mass is 16.4. The Morgan fingerprint density at radius 2 is 2.23 bits per heavy atom. The van der Waals surface area contributed by atoms with Crippen LogP contribution < -0.4 is 5.73 Å². The first-order valence-electron chi connectivity index (χ1n) is 3.85. The van der Waals surface area contributed by atoms with Gasteiger partial charge in [0.05, 0.1) is 12.6 Å². The summed E-state index contributed by atoms with van der Waals surface area (Å²) in [6.45, 7) is 5.14. The zero-order chi connectivity index (χ0) is 10.4. The highest BCUT2D eigenvalue weighted by molar-refractivity contribution is 5.80. The first kappa shape index (κ1) is 11.6. The number of amides is 1. The molecule has 0 bridgehead atoms. The van der Waals surface area contributed by atoms with Gasteiger partial charge in [-0.05, 0) is 6.92 Å². The highest BCUT2D eigenvalue weighted by Crippen LogP contribution is 1.97. The average molecular weight is 186 g/mol. The number of carbonyl (C=O) groups excluding carboxylic acids is 1. The number of hydrogen-bond donors (Lipinski definition) is 2. The van der Waals surface area contributed by atoms with Crippen molar-refractivity contribution in [3.05, 3.63) is 12.7 Å². The predicted molar refractivity (Wildman–Crippen MR) is 48.1 cm³/mol. The minimum atomic E-state index is -0.991. The summed E-state index contributed by atoms with van der Waals surface area (Å²) >= 11 is 0. The second kappa shape index (κ2) is 5.31. The van der Waals surface area contributed by atoms with Crippen LogP contribution in [0.15, 0.2) is 12.7 Å². The Morgan fingerprint density at radius 1 is 1.69 bits per heavy atom. The lowest BCUT2D eigenvalue weighted by Gasteiger charge is -2.23. The Bertz CT molecular complexity index is 215. The summed E-state index contributed by atoms with van der Waals surface area (Å²) in [7, 11) is 0. The highest BCUT2D eigenvalue weighted by Gasteiger charge is 2.19. The van der Waals surface area contributed by atoms with E-state index in [-0.39, 0.29) is 6.54 Å². The smallest absolute Gasteiger partial charge is 0.317 e. The van der Waals surface area contributed by atoms with Crippen LogP contribution in [0.5, 0.6) is 0 Å². The van der Waals surface area contributed by atoms with Gasteiger partial charge in [0.1, 0.15) is 0 Å². The standard InChI is InChI=1S/C8H14N2O3/c1-3-4-10(5-7(11)12)6(2)8(9)13/h3,6H,1,4-5H2,2H3,(H2,9,13)(H,11,12). The van der Waals surface area contributed by atoms with E-state index in [4.69, 9.17) is 10.8 Å². The number of carboxylic acids is 1. The van der Waals surface area contributed by atoms with Gasteiger partial charge in [-0.25, -0.2) is 0 Å². The van der Waals surface area contributed by atoms with E-state index in [9.17, 15) is 9.59 Å². The van der Waals surface area contributed by atoms with Crippen LogP contribution in [-0.4, -0.2) is 41.0 Å². The fourth-order valence-electron chi connectivity index (χ4n) is 0.879. The summed E-state index contributed by atoms with van der Waals surface area (Å²) in [5.74, 6) is -1.53. The summed E-state index contributed by atoms with van der Waals surface area (Å²) in [5.41, 5.74) is 5.04. The molecule has 0 rings (SSSR count). The van der Waals surface area contributed by atoms with Gasteiger partial charge in [-0.2, -0.15) is 0 Å². The van der Waals surface area contributed by atoms with Crippen LogP contribution in [0.1, 0.15) is 6.92 Å². The molecule has 0 aliphatic rings. The van der Waals surface area contributed by atoms with Gasteiger partial charge in [-0.15, -0.1) is 6.58 Å². The zero-order valence-corrected chi connectivity index (χ0v) is 7.56. The van der Waals surface area contributed by atoms with E-state index in [1.165, 1.54) is 11.0 Å². The monoisotopic (exact) mass is 186 g/mol. The Hall–Kier alpha value is -1.36. The molecule has 1 amide bonds. The van der Waals surface area contributed by atoms with Crippen molar-refractivity contribution < 1.29 is 14.7 Å². The quantitative estimate of drug-likeness (QED) is 0.544. The molecule has 0 aromatic carbocycles. The lowest BCUT2D eigenvalue weighted by molar-refractivity contribution is -0.139. The third-order valence-corrected chi connectivity index (χ3v) is 1.66. The number of rotatable bonds is 6. The molecule has 0 aromatic heterocycles. The second-order valence-corrected chi connectivity index (χ2v) is 2.69. The summed E-state index contributed by atoms with van der Waals surface area (Å²) in [6.07, 6.45) is 1.53. The Morgan fingerprint density at radius 3 is 2.54 bits per heavy atom. The van der Waals surface area contributed by atoms with Crippen LogP contribution in [0.2, 0.25) is 0 Å². The largest absolute Gasteiger partial charge is 0.480 e. The van der Waals surface area contributed by atoms with Gasteiger partial charge in [-0.3, -0.25) is 14.5 Å². The number of carboxylic acid groups (broad SMARTS) is 1. The van der Waals surface area contributed by atoms with E-state index in [1.54, 1.807) is 6.92 Å². The van der Waals surface area contributed by atoms with Crippen molar-refractivity contribution in [2.45, 2.75) is 13.0 Å². The van der Waals surface area contributed by atoms with Crippen LogP contribution in [0.4, 0.5) is 0 Å². The lowest BCUT2D eigenvalue weighted by atomic mass is 10.2. The van der Waals surface area contributed by atoms with Crippen molar-refractivity contribution >= 4 is 11.9 Å². The lowest BCUT2D eigenvalue weighted by Crippen LogP contribution is -2.45. The summed E-state index contributed by atoms with van der Waals surface area (Å²) in [5, 5.41) is 8.51. The molecule has 74 valence electrons. The minimum absolute atomic E-state index is 0.212. The molecule has 1 atom stereocenters. The van der Waals surface area contributed by atoms with Gasteiger partial charge in [0.15, 0.2) is 0 Å². The number of aliphatic carboxylic acids is 1. The first-order valence-corrected chi connectivity index (χ1v) is 3.85. The maximum atomic E-state index is 10.8. The van der Waals surface area contributed by atoms with E-state index in [2.05, 4.69) is 6.58 Å². The average Bonchev–Trinajstić information content (AvgIpc) is 2.01. The molecule has 5 heteroatoms. The van der Waals surface area contributed by atoms with E-state index >= 15 is 0 Å². The van der Waals surface area contributed by atoms with Crippen molar-refractivity contribution in [1.29, 1.82) is 0 Å². The third kappa shape index (κ3) is 4.27. The number of hydrogen-bond acceptors (Lipinski definition) is 3. The van der Waals surface area contributed by atoms with Crippen LogP contribution >= 0.6 is 0 Å². The molecule has 13 heavy (non-hydrogen) atoms. The topological polar surface area (TPSA) is 83.6 Å². The Balaban J connectivity index is 4.30. The van der Waals surface area contributed by atoms with Crippen LogP contribution in [0.25, 0.3) is 0 Å². The normalized spacial score (nSPS) is 12.5. The molecule has 0 aliphatic heterocycles. The molecule has 0 heterocycles. The molecule has 0 saturated heterocycles. The van der Waals surface area contributed by atoms with Gasteiger partial charge < -0.3 is 10.8 Å². The van der Waals surface area contributed by atoms with Crippen LogP contribution in [0.3, 0.4) is 0 Å². The maximum absolute atomic E-state index is 10.8. The number of nitrogens with zero attached hydrogens (tertiary/aromatic N) is 1. The minimum Gasteiger partial charge on any atom is -0.480 e. The molecule has 3 N–H and O–H groups in total. The fourth-order valence-corrected chi connectivity index (χ4v) is 0.879. The first-order chi connectivity index (χ1) is 5.99. The maximum Gasteiger partial charge on any atom is 0.317 e. The molecular weight excluding hydrogens is 172 g/mol. The van der Waals surface area contributed by atoms with E-state index in [1.807, 2.05) is 0 Å². The van der Waals surface area contributed by atoms with Gasteiger partial charge in [0, 0.05) is 6.54 Å². The summed E-state index contributed by atoms with van der Waals surface area (Å²) < 4.78 is 0. The number of primary amides is 1. The van der Waals surface area contributed by atoms with Crippen molar-refractivity contribution in [2.24, 2.45) is 5.73 Å². The molecule has 0 saturated carbocycles. The van der Waals surface area contributed by atoms with Crippen molar-refractivity contribution in [3.63, 3.8) is 0 Å². The SMILES string of the molecule is C=CCN(CC(=O)O)C(C)C(N)=O. The van der Waals surface area contributed by atoms with Gasteiger partial charge in [0.25, 0.3) is 0 Å². The molecule has 0 radical (unpaired) electrons. The Labute approximate surface area is 76.8 Å². The van der Waals surface area contributed by atoms with E-state index in [0.29, 0.717) is 6.54 Å². The summed E-state index contributed by atoms with van der Waals surface area (Å²) in [6, 6.07) is -0.589. The number of nitrogens with two attached hydrogens (primary N) is 1.